The van der Waals surface area contributed by atoms with Crippen molar-refractivity contribution < 1.29 is 9.53 Å². The SMILES string of the molecule is COC(=O)[C@@H](N)Cc1cc(C(C)(C)C)ccc1N. The maximum absolute atomic E-state index is 11.3. The highest BCUT2D eigenvalue weighted by atomic mass is 16.5. The average Bonchev–Trinajstić information content (AvgIpc) is 2.29. The number of hydrogen-bond donors (Lipinski definition) is 2. The summed E-state index contributed by atoms with van der Waals surface area (Å²) < 4.78 is 4.62. The molecule has 0 radical (unpaired) electrons. The Morgan fingerprint density at radius 1 is 1.39 bits per heavy atom. The summed E-state index contributed by atoms with van der Waals surface area (Å²) in [5, 5.41) is 0. The molecular weight excluding hydrogens is 228 g/mol. The molecule has 0 fully saturated rings. The van der Waals surface area contributed by atoms with Gasteiger partial charge >= 0.3 is 5.97 Å². The Bertz CT molecular complexity index is 436. The van der Waals surface area contributed by atoms with Crippen LogP contribution in [0.3, 0.4) is 0 Å². The molecule has 0 aromatic heterocycles. The van der Waals surface area contributed by atoms with Crippen LogP contribution in [-0.4, -0.2) is 19.1 Å². The van der Waals surface area contributed by atoms with Crippen LogP contribution in [0.4, 0.5) is 5.69 Å². The summed E-state index contributed by atoms with van der Waals surface area (Å²) in [5.41, 5.74) is 14.4. The van der Waals surface area contributed by atoms with Gasteiger partial charge in [0.15, 0.2) is 0 Å². The molecule has 4 nitrogen and oxygen atoms in total. The number of carbonyl (C=O) groups excluding carboxylic acids is 1. The van der Waals surface area contributed by atoms with E-state index >= 15 is 0 Å². The number of benzene rings is 1. The first-order valence-corrected chi connectivity index (χ1v) is 5.98. The van der Waals surface area contributed by atoms with Crippen LogP contribution in [0.1, 0.15) is 31.9 Å². The van der Waals surface area contributed by atoms with Gasteiger partial charge in [-0.15, -0.1) is 0 Å². The number of carbonyl (C=O) groups is 1. The normalized spacial score (nSPS) is 13.2. The number of hydrogen-bond acceptors (Lipinski definition) is 4. The second kappa shape index (κ2) is 5.40. The lowest BCUT2D eigenvalue weighted by molar-refractivity contribution is -0.142. The molecule has 1 aromatic carbocycles. The summed E-state index contributed by atoms with van der Waals surface area (Å²) in [7, 11) is 1.33. The molecule has 18 heavy (non-hydrogen) atoms. The van der Waals surface area contributed by atoms with E-state index in [0.717, 1.165) is 5.56 Å². The number of nitrogens with two attached hydrogens (primary N) is 2. The molecule has 0 unspecified atom stereocenters. The summed E-state index contributed by atoms with van der Waals surface area (Å²) in [6, 6.07) is 5.20. The van der Waals surface area contributed by atoms with Gasteiger partial charge in [0.1, 0.15) is 6.04 Å². The highest BCUT2D eigenvalue weighted by molar-refractivity contribution is 5.76. The Morgan fingerprint density at radius 2 is 2.00 bits per heavy atom. The molecule has 1 atom stereocenters. The van der Waals surface area contributed by atoms with Crippen LogP contribution in [0.15, 0.2) is 18.2 Å². The molecule has 0 spiro atoms. The Labute approximate surface area is 108 Å². The first-order chi connectivity index (χ1) is 8.25. The van der Waals surface area contributed by atoms with Crippen molar-refractivity contribution >= 4 is 11.7 Å². The third kappa shape index (κ3) is 3.47. The lowest BCUT2D eigenvalue weighted by atomic mass is 9.85. The molecule has 0 saturated carbocycles. The maximum Gasteiger partial charge on any atom is 0.322 e. The quantitative estimate of drug-likeness (QED) is 0.631. The number of rotatable bonds is 3. The fraction of sp³-hybridized carbons (Fsp3) is 0.500. The van der Waals surface area contributed by atoms with Crippen LogP contribution >= 0.6 is 0 Å². The second-order valence-corrected chi connectivity index (χ2v) is 5.50. The van der Waals surface area contributed by atoms with E-state index in [-0.39, 0.29) is 5.41 Å². The van der Waals surface area contributed by atoms with E-state index < -0.39 is 12.0 Å². The van der Waals surface area contributed by atoms with E-state index in [2.05, 4.69) is 25.5 Å². The molecule has 1 rings (SSSR count). The van der Waals surface area contributed by atoms with Gasteiger partial charge in [-0.2, -0.15) is 0 Å². The Kier molecular flexibility index (Phi) is 4.35. The maximum atomic E-state index is 11.3. The number of esters is 1. The lowest BCUT2D eigenvalue weighted by Crippen LogP contribution is -2.34. The second-order valence-electron chi connectivity index (χ2n) is 5.50. The van der Waals surface area contributed by atoms with E-state index in [1.807, 2.05) is 18.2 Å². The molecule has 0 aliphatic carbocycles. The first kappa shape index (κ1) is 14.5. The van der Waals surface area contributed by atoms with Crippen molar-refractivity contribution in [2.45, 2.75) is 38.6 Å². The molecule has 100 valence electrons. The smallest absolute Gasteiger partial charge is 0.322 e. The van der Waals surface area contributed by atoms with E-state index in [1.165, 1.54) is 12.7 Å². The number of ether oxygens (including phenoxy) is 1. The standard InChI is InChI=1S/C14H22N2O2/c1-14(2,3)10-5-6-11(15)9(7-10)8-12(16)13(17)18-4/h5-7,12H,8,15-16H2,1-4H3/t12-/m0/s1. The van der Waals surface area contributed by atoms with Crippen LogP contribution in [0.2, 0.25) is 0 Å². The summed E-state index contributed by atoms with van der Waals surface area (Å²) in [6.45, 7) is 6.38. The van der Waals surface area contributed by atoms with Gasteiger partial charge in [-0.1, -0.05) is 32.9 Å². The van der Waals surface area contributed by atoms with Crippen molar-refractivity contribution in [1.82, 2.24) is 0 Å². The fourth-order valence-corrected chi connectivity index (χ4v) is 1.72. The third-order valence-corrected chi connectivity index (χ3v) is 2.95. The Morgan fingerprint density at radius 3 is 2.50 bits per heavy atom. The van der Waals surface area contributed by atoms with E-state index in [9.17, 15) is 4.79 Å². The van der Waals surface area contributed by atoms with Crippen LogP contribution in [0, 0.1) is 0 Å². The van der Waals surface area contributed by atoms with E-state index in [0.29, 0.717) is 12.1 Å². The minimum absolute atomic E-state index is 0.0395. The van der Waals surface area contributed by atoms with Gasteiger partial charge in [0.05, 0.1) is 7.11 Å². The third-order valence-electron chi connectivity index (χ3n) is 2.95. The molecule has 1 aromatic rings. The highest BCUT2D eigenvalue weighted by Gasteiger charge is 2.19. The minimum atomic E-state index is -0.674. The zero-order valence-electron chi connectivity index (χ0n) is 11.5. The predicted octanol–water partition coefficient (Wildman–Crippen LogP) is 1.61. The van der Waals surface area contributed by atoms with Crippen LogP contribution < -0.4 is 11.5 Å². The van der Waals surface area contributed by atoms with Crippen molar-refractivity contribution in [1.29, 1.82) is 0 Å². The Hall–Kier alpha value is -1.55. The Balaban J connectivity index is 2.98. The van der Waals surface area contributed by atoms with Gasteiger partial charge in [-0.3, -0.25) is 4.79 Å². The van der Waals surface area contributed by atoms with Gasteiger partial charge in [-0.25, -0.2) is 0 Å². The van der Waals surface area contributed by atoms with Crippen LogP contribution in [0.25, 0.3) is 0 Å². The van der Waals surface area contributed by atoms with Crippen molar-refractivity contribution in [3.8, 4) is 0 Å². The van der Waals surface area contributed by atoms with Gasteiger partial charge in [0, 0.05) is 12.1 Å². The topological polar surface area (TPSA) is 78.3 Å². The van der Waals surface area contributed by atoms with E-state index in [1.54, 1.807) is 0 Å². The van der Waals surface area contributed by atoms with Gasteiger partial charge in [0.25, 0.3) is 0 Å². The van der Waals surface area contributed by atoms with Crippen molar-refractivity contribution in [2.75, 3.05) is 12.8 Å². The molecule has 0 bridgehead atoms. The molecule has 4 heteroatoms. The fourth-order valence-electron chi connectivity index (χ4n) is 1.72. The predicted molar refractivity (Wildman–Crippen MR) is 73.2 cm³/mol. The zero-order chi connectivity index (χ0) is 13.9. The minimum Gasteiger partial charge on any atom is -0.468 e. The summed E-state index contributed by atoms with van der Waals surface area (Å²) in [6.07, 6.45) is 0.391. The highest BCUT2D eigenvalue weighted by Crippen LogP contribution is 2.26. The summed E-state index contributed by atoms with van der Waals surface area (Å²) >= 11 is 0. The lowest BCUT2D eigenvalue weighted by Gasteiger charge is -2.21. The van der Waals surface area contributed by atoms with Gasteiger partial charge < -0.3 is 16.2 Å². The number of nitrogen functional groups attached to an aromatic ring is 1. The molecule has 4 N–H and O–H groups in total. The number of anilines is 1. The summed E-state index contributed by atoms with van der Waals surface area (Å²) in [5.74, 6) is -0.421. The van der Waals surface area contributed by atoms with Crippen molar-refractivity contribution in [3.63, 3.8) is 0 Å². The van der Waals surface area contributed by atoms with Gasteiger partial charge in [-0.05, 0) is 22.6 Å². The average molecular weight is 250 g/mol. The monoisotopic (exact) mass is 250 g/mol. The molecule has 0 aliphatic heterocycles. The van der Waals surface area contributed by atoms with Crippen LogP contribution in [0.5, 0.6) is 0 Å². The largest absolute Gasteiger partial charge is 0.468 e. The number of methoxy groups -OCH3 is 1. The molecule has 0 saturated heterocycles. The molecule has 0 aliphatic rings. The summed E-state index contributed by atoms with van der Waals surface area (Å²) in [4.78, 5) is 11.3. The van der Waals surface area contributed by atoms with Crippen molar-refractivity contribution in [2.24, 2.45) is 5.73 Å². The zero-order valence-corrected chi connectivity index (χ0v) is 11.5. The van der Waals surface area contributed by atoms with E-state index in [4.69, 9.17) is 11.5 Å². The first-order valence-electron chi connectivity index (χ1n) is 5.98. The molecule has 0 amide bonds. The van der Waals surface area contributed by atoms with Gasteiger partial charge in [0.2, 0.25) is 0 Å². The van der Waals surface area contributed by atoms with Crippen LogP contribution in [-0.2, 0) is 21.4 Å². The molecular formula is C14H22N2O2. The molecule has 0 heterocycles. The van der Waals surface area contributed by atoms with Crippen molar-refractivity contribution in [3.05, 3.63) is 29.3 Å².